The molecule has 15 heavy (non-hydrogen) atoms. The fourth-order valence-corrected chi connectivity index (χ4v) is 2.25. The highest BCUT2D eigenvalue weighted by molar-refractivity contribution is 7.99. The van der Waals surface area contributed by atoms with Crippen LogP contribution in [-0.2, 0) is 4.79 Å². The molecule has 0 bridgehead atoms. The molecule has 1 atom stereocenters. The second-order valence-corrected chi connectivity index (χ2v) is 4.57. The number of nitrogens with one attached hydrogen (secondary N) is 1. The van der Waals surface area contributed by atoms with Crippen LogP contribution in [0.25, 0.3) is 0 Å². The molecule has 2 N–H and O–H groups in total. The Morgan fingerprint density at radius 2 is 2.07 bits per heavy atom. The zero-order valence-electron chi connectivity index (χ0n) is 8.73. The van der Waals surface area contributed by atoms with E-state index in [-0.39, 0.29) is 6.03 Å². The van der Waals surface area contributed by atoms with Gasteiger partial charge in [-0.1, -0.05) is 6.92 Å². The first-order valence-electron chi connectivity index (χ1n) is 5.01. The number of carbonyl (C=O) groups excluding carboxylic acids is 1. The van der Waals surface area contributed by atoms with Gasteiger partial charge in [-0.05, 0) is 6.42 Å². The molecule has 5 nitrogen and oxygen atoms in total. The molecule has 6 heteroatoms. The lowest BCUT2D eigenvalue weighted by Gasteiger charge is -2.27. The van der Waals surface area contributed by atoms with Crippen LogP contribution in [-0.4, -0.2) is 52.6 Å². The molecule has 0 aromatic heterocycles. The van der Waals surface area contributed by atoms with E-state index in [9.17, 15) is 9.59 Å². The standard InChI is InChI=1S/C9H16N2O3S/c1-2-7(8(12)13)10-9(14)11-3-5-15-6-4-11/h7H,2-6H2,1H3,(H,10,14)(H,12,13). The number of hydrogen-bond acceptors (Lipinski definition) is 3. The number of nitrogens with zero attached hydrogens (tertiary/aromatic N) is 1. The van der Waals surface area contributed by atoms with Crippen molar-refractivity contribution < 1.29 is 14.7 Å². The molecule has 86 valence electrons. The lowest BCUT2D eigenvalue weighted by atomic mass is 10.2. The molecule has 1 heterocycles. The molecule has 1 unspecified atom stereocenters. The van der Waals surface area contributed by atoms with E-state index in [1.54, 1.807) is 11.8 Å². The number of carboxylic acid groups (broad SMARTS) is 1. The first kappa shape index (κ1) is 12.2. The summed E-state index contributed by atoms with van der Waals surface area (Å²) in [5.41, 5.74) is 0. The first-order valence-corrected chi connectivity index (χ1v) is 6.16. The zero-order valence-corrected chi connectivity index (χ0v) is 9.55. The summed E-state index contributed by atoms with van der Waals surface area (Å²) in [5.74, 6) is 0.881. The van der Waals surface area contributed by atoms with Gasteiger partial charge in [0.2, 0.25) is 0 Å². The number of carboxylic acids is 1. The van der Waals surface area contributed by atoms with Crippen LogP contribution in [0.3, 0.4) is 0 Å². The highest BCUT2D eigenvalue weighted by Gasteiger charge is 2.22. The van der Waals surface area contributed by atoms with Crippen LogP contribution in [0, 0.1) is 0 Å². The SMILES string of the molecule is CCC(NC(=O)N1CCSCC1)C(=O)O. The van der Waals surface area contributed by atoms with Crippen LogP contribution < -0.4 is 5.32 Å². The smallest absolute Gasteiger partial charge is 0.326 e. The lowest BCUT2D eigenvalue weighted by molar-refractivity contribution is -0.139. The molecule has 0 spiro atoms. The quantitative estimate of drug-likeness (QED) is 0.748. The topological polar surface area (TPSA) is 69.6 Å². The molecule has 1 fully saturated rings. The van der Waals surface area contributed by atoms with E-state index in [0.717, 1.165) is 11.5 Å². The van der Waals surface area contributed by atoms with E-state index in [2.05, 4.69) is 5.32 Å². The van der Waals surface area contributed by atoms with Gasteiger partial charge < -0.3 is 15.3 Å². The third-order valence-electron chi connectivity index (χ3n) is 2.30. The first-order chi connectivity index (χ1) is 7.15. The van der Waals surface area contributed by atoms with Crippen molar-refractivity contribution in [2.24, 2.45) is 0 Å². The summed E-state index contributed by atoms with van der Waals surface area (Å²) in [6.45, 7) is 3.14. The van der Waals surface area contributed by atoms with Gasteiger partial charge in [-0.25, -0.2) is 9.59 Å². The molecular formula is C9H16N2O3S. The molecule has 0 aromatic rings. The number of aliphatic carboxylic acids is 1. The van der Waals surface area contributed by atoms with Gasteiger partial charge in [-0.15, -0.1) is 0 Å². The van der Waals surface area contributed by atoms with Crippen LogP contribution in [0.5, 0.6) is 0 Å². The van der Waals surface area contributed by atoms with Gasteiger partial charge in [0.15, 0.2) is 0 Å². The zero-order chi connectivity index (χ0) is 11.3. The normalized spacial score (nSPS) is 18.3. The summed E-state index contributed by atoms with van der Waals surface area (Å²) in [5, 5.41) is 11.3. The van der Waals surface area contributed by atoms with E-state index in [1.165, 1.54) is 0 Å². The average Bonchev–Trinajstić information content (AvgIpc) is 2.26. The third kappa shape index (κ3) is 3.62. The van der Waals surface area contributed by atoms with Crippen molar-refractivity contribution in [3.8, 4) is 0 Å². The van der Waals surface area contributed by atoms with Crippen LogP contribution in [0.1, 0.15) is 13.3 Å². The molecule has 0 radical (unpaired) electrons. The molecule has 0 saturated carbocycles. The second-order valence-electron chi connectivity index (χ2n) is 3.35. The number of carbonyl (C=O) groups is 2. The van der Waals surface area contributed by atoms with E-state index in [1.807, 2.05) is 11.8 Å². The summed E-state index contributed by atoms with van der Waals surface area (Å²) in [4.78, 5) is 24.0. The summed E-state index contributed by atoms with van der Waals surface area (Å²) in [6, 6.07) is -1.03. The number of rotatable bonds is 3. The van der Waals surface area contributed by atoms with Crippen LogP contribution in [0.4, 0.5) is 4.79 Å². The highest BCUT2D eigenvalue weighted by Crippen LogP contribution is 2.09. The van der Waals surface area contributed by atoms with Crippen molar-refractivity contribution >= 4 is 23.8 Å². The van der Waals surface area contributed by atoms with Crippen molar-refractivity contribution in [2.75, 3.05) is 24.6 Å². The van der Waals surface area contributed by atoms with Crippen molar-refractivity contribution in [1.82, 2.24) is 10.2 Å². The lowest BCUT2D eigenvalue weighted by Crippen LogP contribution is -2.50. The predicted molar refractivity (Wildman–Crippen MR) is 59.1 cm³/mol. The van der Waals surface area contributed by atoms with Crippen LogP contribution in [0.15, 0.2) is 0 Å². The summed E-state index contributed by atoms with van der Waals surface area (Å²) in [6.07, 6.45) is 0.406. The maximum Gasteiger partial charge on any atom is 0.326 e. The minimum atomic E-state index is -0.975. The van der Waals surface area contributed by atoms with Gasteiger partial charge in [-0.2, -0.15) is 11.8 Å². The van der Waals surface area contributed by atoms with Crippen LogP contribution >= 0.6 is 11.8 Å². The molecular weight excluding hydrogens is 216 g/mol. The van der Waals surface area contributed by atoms with Gasteiger partial charge >= 0.3 is 12.0 Å². The minimum absolute atomic E-state index is 0.260. The summed E-state index contributed by atoms with van der Waals surface area (Å²) in [7, 11) is 0. The molecule has 1 aliphatic heterocycles. The Hall–Kier alpha value is -0.910. The molecule has 1 saturated heterocycles. The monoisotopic (exact) mass is 232 g/mol. The fraction of sp³-hybridized carbons (Fsp3) is 0.778. The predicted octanol–water partition coefficient (Wildman–Crippen LogP) is 0.608. The summed E-state index contributed by atoms with van der Waals surface area (Å²) < 4.78 is 0. The third-order valence-corrected chi connectivity index (χ3v) is 3.24. The second kappa shape index (κ2) is 5.85. The minimum Gasteiger partial charge on any atom is -0.480 e. The van der Waals surface area contributed by atoms with E-state index < -0.39 is 12.0 Å². The van der Waals surface area contributed by atoms with E-state index in [4.69, 9.17) is 5.11 Å². The Labute approximate surface area is 93.2 Å². The van der Waals surface area contributed by atoms with Gasteiger partial charge in [0.1, 0.15) is 6.04 Å². The van der Waals surface area contributed by atoms with Crippen molar-refractivity contribution in [2.45, 2.75) is 19.4 Å². The van der Waals surface area contributed by atoms with Crippen molar-refractivity contribution in [3.63, 3.8) is 0 Å². The molecule has 1 rings (SSSR count). The number of amides is 2. The molecule has 2 amide bonds. The van der Waals surface area contributed by atoms with Crippen LogP contribution in [0.2, 0.25) is 0 Å². The van der Waals surface area contributed by atoms with E-state index in [0.29, 0.717) is 19.5 Å². The molecule has 0 aliphatic carbocycles. The Morgan fingerprint density at radius 1 is 1.47 bits per heavy atom. The molecule has 0 aromatic carbocycles. The fourth-order valence-electron chi connectivity index (χ4n) is 1.35. The molecule has 1 aliphatic rings. The van der Waals surface area contributed by atoms with Crippen molar-refractivity contribution in [3.05, 3.63) is 0 Å². The van der Waals surface area contributed by atoms with Crippen molar-refractivity contribution in [1.29, 1.82) is 0 Å². The van der Waals surface area contributed by atoms with Gasteiger partial charge in [0.05, 0.1) is 0 Å². The Morgan fingerprint density at radius 3 is 2.53 bits per heavy atom. The highest BCUT2D eigenvalue weighted by atomic mass is 32.2. The van der Waals surface area contributed by atoms with Gasteiger partial charge in [0, 0.05) is 24.6 Å². The van der Waals surface area contributed by atoms with E-state index >= 15 is 0 Å². The van der Waals surface area contributed by atoms with Gasteiger partial charge in [-0.3, -0.25) is 0 Å². The van der Waals surface area contributed by atoms with Gasteiger partial charge in [0.25, 0.3) is 0 Å². The summed E-state index contributed by atoms with van der Waals surface area (Å²) >= 11 is 1.81. The largest absolute Gasteiger partial charge is 0.480 e. The Balaban J connectivity index is 2.42. The number of hydrogen-bond donors (Lipinski definition) is 2. The Bertz CT molecular complexity index is 242. The number of thioether (sulfide) groups is 1. The maximum atomic E-state index is 11.6. The Kier molecular flexibility index (Phi) is 4.74. The average molecular weight is 232 g/mol. The number of urea groups is 1. The maximum absolute atomic E-state index is 11.6.